The lowest BCUT2D eigenvalue weighted by atomic mass is 10.0. The molecule has 2 saturated heterocycles. The van der Waals surface area contributed by atoms with E-state index in [1.54, 1.807) is 12.1 Å². The standard InChI is InChI=1S/C26H28ClN5O5/c27-20-12-18(2-4-21(20)31-7-9-37-10-8-31)28-14-24(34)29-13-16-1-3-19-17(11-16)15-32(26(19)36)22-5-6-23(33)30-25(22)35/h1-4,11-12,22,28H,5-10,13-15H2,(H,29,34)(H,30,33,35). The van der Waals surface area contributed by atoms with Crippen molar-refractivity contribution in [1.82, 2.24) is 15.5 Å². The van der Waals surface area contributed by atoms with Crippen LogP contribution in [0.4, 0.5) is 11.4 Å². The summed E-state index contributed by atoms with van der Waals surface area (Å²) < 4.78 is 5.38. The quantitative estimate of drug-likeness (QED) is 0.470. The Kier molecular flexibility index (Phi) is 7.29. The van der Waals surface area contributed by atoms with Crippen LogP contribution in [0.25, 0.3) is 0 Å². The van der Waals surface area contributed by atoms with Crippen LogP contribution in [0.2, 0.25) is 5.02 Å². The van der Waals surface area contributed by atoms with E-state index in [1.807, 2.05) is 24.3 Å². The molecule has 10 nitrogen and oxygen atoms in total. The van der Waals surface area contributed by atoms with Crippen molar-refractivity contribution in [2.75, 3.05) is 43.1 Å². The van der Waals surface area contributed by atoms with Gasteiger partial charge in [0.2, 0.25) is 17.7 Å². The number of benzene rings is 2. The van der Waals surface area contributed by atoms with Gasteiger partial charge in [-0.3, -0.25) is 24.5 Å². The highest BCUT2D eigenvalue weighted by Crippen LogP contribution is 2.30. The highest BCUT2D eigenvalue weighted by atomic mass is 35.5. The molecule has 3 N–H and O–H groups in total. The number of amides is 4. The van der Waals surface area contributed by atoms with Gasteiger partial charge in [-0.15, -0.1) is 0 Å². The number of anilines is 2. The zero-order chi connectivity index (χ0) is 25.9. The molecule has 194 valence electrons. The van der Waals surface area contributed by atoms with Crippen molar-refractivity contribution in [1.29, 1.82) is 0 Å². The molecular formula is C26H28ClN5O5. The van der Waals surface area contributed by atoms with E-state index in [4.69, 9.17) is 16.3 Å². The third kappa shape index (κ3) is 5.55. The summed E-state index contributed by atoms with van der Waals surface area (Å²) >= 11 is 6.46. The molecule has 2 aromatic carbocycles. The normalized spacial score (nSPS) is 19.5. The maximum Gasteiger partial charge on any atom is 0.255 e. The van der Waals surface area contributed by atoms with E-state index in [0.29, 0.717) is 43.3 Å². The summed E-state index contributed by atoms with van der Waals surface area (Å²) in [5.74, 6) is -1.15. The highest BCUT2D eigenvalue weighted by molar-refractivity contribution is 6.33. The molecule has 1 atom stereocenters. The van der Waals surface area contributed by atoms with Gasteiger partial charge in [-0.25, -0.2) is 0 Å². The number of piperidine rings is 1. The molecule has 5 rings (SSSR count). The van der Waals surface area contributed by atoms with Crippen molar-refractivity contribution in [3.05, 3.63) is 58.1 Å². The van der Waals surface area contributed by atoms with E-state index in [9.17, 15) is 19.2 Å². The molecule has 2 aromatic rings. The van der Waals surface area contributed by atoms with Crippen LogP contribution in [-0.2, 0) is 32.2 Å². The lowest BCUT2D eigenvalue weighted by molar-refractivity contribution is -0.137. The van der Waals surface area contributed by atoms with Crippen molar-refractivity contribution in [2.24, 2.45) is 0 Å². The van der Waals surface area contributed by atoms with Crippen LogP contribution in [-0.4, -0.2) is 67.4 Å². The minimum atomic E-state index is -0.650. The lowest BCUT2D eigenvalue weighted by Crippen LogP contribution is -2.52. The SMILES string of the molecule is O=C(CNc1ccc(N2CCOCC2)c(Cl)c1)NCc1ccc2c(c1)CN(C1CCC(=O)NC1=O)C2=O. The predicted octanol–water partition coefficient (Wildman–Crippen LogP) is 1.67. The number of halogens is 1. The Bertz CT molecular complexity index is 1250. The van der Waals surface area contributed by atoms with Gasteiger partial charge < -0.3 is 25.2 Å². The monoisotopic (exact) mass is 525 g/mol. The number of carbonyl (C=O) groups excluding carboxylic acids is 4. The summed E-state index contributed by atoms with van der Waals surface area (Å²) in [6, 6.07) is 10.4. The summed E-state index contributed by atoms with van der Waals surface area (Å²) in [6.45, 7) is 3.62. The molecule has 1 unspecified atom stereocenters. The Morgan fingerprint density at radius 1 is 1.11 bits per heavy atom. The van der Waals surface area contributed by atoms with Crippen LogP contribution in [0, 0.1) is 0 Å². The van der Waals surface area contributed by atoms with Crippen molar-refractivity contribution in [2.45, 2.75) is 32.0 Å². The largest absolute Gasteiger partial charge is 0.378 e. The zero-order valence-electron chi connectivity index (χ0n) is 20.2. The van der Waals surface area contributed by atoms with E-state index in [2.05, 4.69) is 20.9 Å². The third-order valence-electron chi connectivity index (χ3n) is 6.83. The van der Waals surface area contributed by atoms with Gasteiger partial charge in [0, 0.05) is 43.9 Å². The molecule has 2 fully saturated rings. The van der Waals surface area contributed by atoms with Gasteiger partial charge in [0.05, 0.1) is 30.5 Å². The van der Waals surface area contributed by atoms with Crippen LogP contribution in [0.5, 0.6) is 0 Å². The Hall–Kier alpha value is -3.63. The van der Waals surface area contributed by atoms with E-state index in [1.165, 1.54) is 4.90 Å². The Labute approximate surface area is 219 Å². The number of ether oxygens (including phenoxy) is 1. The molecule has 0 aromatic heterocycles. The number of imide groups is 1. The number of hydrogen-bond acceptors (Lipinski definition) is 7. The third-order valence-corrected chi connectivity index (χ3v) is 7.13. The molecule has 0 spiro atoms. The Balaban J connectivity index is 1.12. The van der Waals surface area contributed by atoms with Crippen molar-refractivity contribution in [3.63, 3.8) is 0 Å². The van der Waals surface area contributed by atoms with E-state index >= 15 is 0 Å². The second kappa shape index (κ2) is 10.8. The molecule has 0 saturated carbocycles. The number of nitrogens with one attached hydrogen (secondary N) is 3. The smallest absolute Gasteiger partial charge is 0.255 e. The number of morpholine rings is 1. The first kappa shape index (κ1) is 25.0. The fourth-order valence-electron chi connectivity index (χ4n) is 4.86. The van der Waals surface area contributed by atoms with Crippen molar-refractivity contribution < 1.29 is 23.9 Å². The molecule has 3 heterocycles. The molecule has 37 heavy (non-hydrogen) atoms. The Morgan fingerprint density at radius 2 is 1.92 bits per heavy atom. The van der Waals surface area contributed by atoms with Crippen LogP contribution >= 0.6 is 11.6 Å². The first-order valence-electron chi connectivity index (χ1n) is 12.3. The molecule has 4 amide bonds. The maximum absolute atomic E-state index is 12.8. The van der Waals surface area contributed by atoms with Crippen LogP contribution in [0.1, 0.15) is 34.3 Å². The molecule has 0 aliphatic carbocycles. The summed E-state index contributed by atoms with van der Waals surface area (Å²) in [6.07, 6.45) is 0.535. The molecular weight excluding hydrogens is 498 g/mol. The first-order valence-corrected chi connectivity index (χ1v) is 12.7. The second-order valence-electron chi connectivity index (χ2n) is 9.29. The number of carbonyl (C=O) groups is 4. The fourth-order valence-corrected chi connectivity index (χ4v) is 5.16. The number of hydrogen-bond donors (Lipinski definition) is 3. The number of rotatable bonds is 7. The van der Waals surface area contributed by atoms with Crippen molar-refractivity contribution >= 4 is 46.6 Å². The predicted molar refractivity (Wildman–Crippen MR) is 137 cm³/mol. The minimum absolute atomic E-state index is 0.0833. The summed E-state index contributed by atoms with van der Waals surface area (Å²) in [4.78, 5) is 52.6. The highest BCUT2D eigenvalue weighted by Gasteiger charge is 2.39. The van der Waals surface area contributed by atoms with Crippen LogP contribution in [0.15, 0.2) is 36.4 Å². The first-order chi connectivity index (χ1) is 17.9. The van der Waals surface area contributed by atoms with Gasteiger partial charge in [0.25, 0.3) is 5.91 Å². The average Bonchev–Trinajstić information content (AvgIpc) is 3.22. The average molecular weight is 526 g/mol. The van der Waals surface area contributed by atoms with Crippen LogP contribution in [0.3, 0.4) is 0 Å². The van der Waals surface area contributed by atoms with Gasteiger partial charge >= 0.3 is 0 Å². The molecule has 11 heteroatoms. The number of fused-ring (bicyclic) bond motifs is 1. The van der Waals surface area contributed by atoms with Crippen molar-refractivity contribution in [3.8, 4) is 0 Å². The Morgan fingerprint density at radius 3 is 2.68 bits per heavy atom. The van der Waals surface area contributed by atoms with E-state index in [0.717, 1.165) is 35.6 Å². The fraction of sp³-hybridized carbons (Fsp3) is 0.385. The maximum atomic E-state index is 12.8. The molecule has 0 bridgehead atoms. The summed E-state index contributed by atoms with van der Waals surface area (Å²) in [7, 11) is 0. The summed E-state index contributed by atoms with van der Waals surface area (Å²) in [5, 5.41) is 8.89. The molecule has 3 aliphatic rings. The van der Waals surface area contributed by atoms with Gasteiger partial charge in [-0.1, -0.05) is 23.7 Å². The van der Waals surface area contributed by atoms with Crippen LogP contribution < -0.4 is 20.9 Å². The number of nitrogens with zero attached hydrogens (tertiary/aromatic N) is 2. The van der Waals surface area contributed by atoms with Gasteiger partial charge in [-0.05, 0) is 41.8 Å². The second-order valence-corrected chi connectivity index (χ2v) is 9.69. The zero-order valence-corrected chi connectivity index (χ0v) is 21.0. The topological polar surface area (TPSA) is 120 Å². The van der Waals surface area contributed by atoms with Gasteiger partial charge in [0.1, 0.15) is 6.04 Å². The minimum Gasteiger partial charge on any atom is -0.378 e. The van der Waals surface area contributed by atoms with E-state index < -0.39 is 11.9 Å². The van der Waals surface area contributed by atoms with Gasteiger partial charge in [0.15, 0.2) is 0 Å². The lowest BCUT2D eigenvalue weighted by Gasteiger charge is -2.29. The van der Waals surface area contributed by atoms with E-state index in [-0.39, 0.29) is 30.7 Å². The summed E-state index contributed by atoms with van der Waals surface area (Å²) in [5.41, 5.74) is 3.89. The molecule has 0 radical (unpaired) electrons. The molecule has 3 aliphatic heterocycles. The van der Waals surface area contributed by atoms with Gasteiger partial charge in [-0.2, -0.15) is 0 Å².